The number of carbonyl (C=O) groups excluding carboxylic acids is 1. The Kier molecular flexibility index (Phi) is 12.5. The van der Waals surface area contributed by atoms with Crippen molar-refractivity contribution in [2.45, 2.75) is 70.2 Å². The molecule has 7 nitrogen and oxygen atoms in total. The number of rotatable bonds is 14. The van der Waals surface area contributed by atoms with Crippen LogP contribution in [0.3, 0.4) is 0 Å². The lowest BCUT2D eigenvalue weighted by atomic mass is 9.73. The van der Waals surface area contributed by atoms with Gasteiger partial charge in [0.2, 0.25) is 0 Å². The van der Waals surface area contributed by atoms with Gasteiger partial charge in [0.25, 0.3) is 0 Å². The van der Waals surface area contributed by atoms with Crippen molar-refractivity contribution in [2.24, 2.45) is 11.8 Å². The fourth-order valence-corrected chi connectivity index (χ4v) is 5.85. The molecular weight excluding hydrogens is 547 g/mol. The van der Waals surface area contributed by atoms with Gasteiger partial charge in [-0.05, 0) is 69.7 Å². The second-order valence-electron chi connectivity index (χ2n) is 11.6. The van der Waals surface area contributed by atoms with Crippen LogP contribution < -0.4 is 15.4 Å². The second-order valence-corrected chi connectivity index (χ2v) is 11.6. The summed E-state index contributed by atoms with van der Waals surface area (Å²) in [6, 6.07) is 11.6. The van der Waals surface area contributed by atoms with E-state index < -0.39 is 17.3 Å². The van der Waals surface area contributed by atoms with Crippen LogP contribution in [0.4, 0.5) is 18.0 Å². The molecule has 1 saturated heterocycles. The second kappa shape index (κ2) is 15.6. The zero-order valence-corrected chi connectivity index (χ0v) is 25.2. The number of ether oxygens (including phenoxy) is 2. The molecule has 1 aliphatic heterocycles. The number of methoxy groups -OCH3 is 1. The highest BCUT2D eigenvalue weighted by atomic mass is 19.4. The van der Waals surface area contributed by atoms with Gasteiger partial charge < -0.3 is 30.1 Å². The minimum Gasteiger partial charge on any atom is -0.456 e. The first kappa shape index (κ1) is 33.7. The molecule has 0 aliphatic carbocycles. The van der Waals surface area contributed by atoms with Crippen molar-refractivity contribution < 1.29 is 32.5 Å². The SMILES string of the molecule is CNCC(CC(C)C)NC(=O)N1CCCC(C(O)(CCCCOC)c2ccccc2Oc2ccccc2C(F)(F)F)C1. The summed E-state index contributed by atoms with van der Waals surface area (Å²) in [6.45, 7) is 6.27. The van der Waals surface area contributed by atoms with E-state index >= 15 is 0 Å². The van der Waals surface area contributed by atoms with Gasteiger partial charge in [-0.25, -0.2) is 4.79 Å². The summed E-state index contributed by atoms with van der Waals surface area (Å²) < 4.78 is 52.4. The van der Waals surface area contributed by atoms with Crippen LogP contribution >= 0.6 is 0 Å². The van der Waals surface area contributed by atoms with Gasteiger partial charge in [-0.1, -0.05) is 44.2 Å². The Morgan fingerprint density at radius 2 is 1.71 bits per heavy atom. The monoisotopic (exact) mass is 593 g/mol. The van der Waals surface area contributed by atoms with E-state index in [0.29, 0.717) is 69.8 Å². The number of hydrogen-bond donors (Lipinski definition) is 3. The van der Waals surface area contributed by atoms with Gasteiger partial charge >= 0.3 is 12.2 Å². The third kappa shape index (κ3) is 9.09. The molecule has 2 aromatic rings. The van der Waals surface area contributed by atoms with E-state index in [4.69, 9.17) is 9.47 Å². The average Bonchev–Trinajstić information content (AvgIpc) is 2.95. The van der Waals surface area contributed by atoms with E-state index in [1.54, 1.807) is 36.3 Å². The number of carbonyl (C=O) groups is 1. The van der Waals surface area contributed by atoms with E-state index in [9.17, 15) is 23.1 Å². The molecule has 1 aliphatic rings. The van der Waals surface area contributed by atoms with Crippen LogP contribution in [0, 0.1) is 11.8 Å². The van der Waals surface area contributed by atoms with Crippen molar-refractivity contribution in [2.75, 3.05) is 40.4 Å². The molecule has 2 amide bonds. The highest BCUT2D eigenvalue weighted by molar-refractivity contribution is 5.74. The molecule has 0 saturated carbocycles. The summed E-state index contributed by atoms with van der Waals surface area (Å²) in [6.07, 6.45) is -0.746. The number of para-hydroxylation sites is 2. The van der Waals surface area contributed by atoms with E-state index in [1.165, 1.54) is 18.2 Å². The molecule has 3 atom stereocenters. The first-order valence-corrected chi connectivity index (χ1v) is 14.8. The Morgan fingerprint density at radius 3 is 2.33 bits per heavy atom. The largest absolute Gasteiger partial charge is 0.456 e. The zero-order valence-electron chi connectivity index (χ0n) is 25.2. The van der Waals surface area contributed by atoms with E-state index in [2.05, 4.69) is 24.5 Å². The standard InChI is InChI=1S/C32H46F3N3O4/c1-23(2)20-25(21-36-3)37-30(39)38-18-11-12-24(22-38)31(40,17-9-10-19-41-4)26-13-5-7-15-28(26)42-29-16-8-6-14-27(29)32(33,34)35/h5-8,13-16,23-25,36,40H,9-12,17-22H2,1-4H3,(H,37,39). The van der Waals surface area contributed by atoms with E-state index in [-0.39, 0.29) is 29.5 Å². The molecule has 0 aromatic heterocycles. The number of aliphatic hydroxyl groups is 1. The van der Waals surface area contributed by atoms with Crippen molar-refractivity contribution in [3.8, 4) is 11.5 Å². The van der Waals surface area contributed by atoms with Crippen LogP contribution in [0.5, 0.6) is 11.5 Å². The molecule has 2 aromatic carbocycles. The quantitative estimate of drug-likeness (QED) is 0.216. The molecule has 42 heavy (non-hydrogen) atoms. The maximum atomic E-state index is 13.8. The number of nitrogens with one attached hydrogen (secondary N) is 2. The molecule has 10 heteroatoms. The summed E-state index contributed by atoms with van der Waals surface area (Å²) in [5.41, 5.74) is -1.92. The topological polar surface area (TPSA) is 83.1 Å². The van der Waals surface area contributed by atoms with Crippen LogP contribution in [-0.2, 0) is 16.5 Å². The maximum Gasteiger partial charge on any atom is 0.419 e. The summed E-state index contributed by atoms with van der Waals surface area (Å²) in [7, 11) is 3.47. The van der Waals surface area contributed by atoms with Gasteiger partial charge in [0, 0.05) is 50.9 Å². The van der Waals surface area contributed by atoms with Crippen molar-refractivity contribution in [3.05, 3.63) is 59.7 Å². The van der Waals surface area contributed by atoms with Gasteiger partial charge in [0.15, 0.2) is 0 Å². The lowest BCUT2D eigenvalue weighted by Crippen LogP contribution is -2.54. The highest BCUT2D eigenvalue weighted by Gasteiger charge is 2.43. The van der Waals surface area contributed by atoms with Crippen LogP contribution in [0.25, 0.3) is 0 Å². The molecule has 0 bridgehead atoms. The van der Waals surface area contributed by atoms with Crippen molar-refractivity contribution >= 4 is 6.03 Å². The molecular formula is C32H46F3N3O4. The average molecular weight is 594 g/mol. The Balaban J connectivity index is 1.92. The highest BCUT2D eigenvalue weighted by Crippen LogP contribution is 2.46. The number of halogens is 3. The van der Waals surface area contributed by atoms with E-state index in [1.807, 2.05) is 7.05 Å². The minimum absolute atomic E-state index is 0.0290. The Bertz CT molecular complexity index is 1130. The molecule has 1 heterocycles. The number of alkyl halides is 3. The zero-order chi connectivity index (χ0) is 30.8. The smallest absolute Gasteiger partial charge is 0.419 e. The van der Waals surface area contributed by atoms with Crippen LogP contribution in [0.1, 0.15) is 63.5 Å². The molecule has 3 rings (SSSR count). The summed E-state index contributed by atoms with van der Waals surface area (Å²) in [5, 5.41) is 18.8. The number of amides is 2. The minimum atomic E-state index is -4.60. The lowest BCUT2D eigenvalue weighted by molar-refractivity contribution is -0.138. The first-order valence-electron chi connectivity index (χ1n) is 14.8. The number of piperidine rings is 1. The van der Waals surface area contributed by atoms with Crippen LogP contribution in [0.15, 0.2) is 48.5 Å². The normalized spacial score (nSPS) is 18.0. The summed E-state index contributed by atoms with van der Waals surface area (Å²) >= 11 is 0. The predicted molar refractivity (Wildman–Crippen MR) is 158 cm³/mol. The van der Waals surface area contributed by atoms with Gasteiger partial charge in [-0.2, -0.15) is 13.2 Å². The Labute approximate surface area is 247 Å². The van der Waals surface area contributed by atoms with Gasteiger partial charge in [-0.15, -0.1) is 0 Å². The fraction of sp³-hybridized carbons (Fsp3) is 0.594. The number of likely N-dealkylation sites (tertiary alicyclic amines) is 1. The molecule has 3 unspecified atom stereocenters. The fourth-order valence-electron chi connectivity index (χ4n) is 5.85. The molecule has 1 fully saturated rings. The molecule has 234 valence electrons. The summed E-state index contributed by atoms with van der Waals surface area (Å²) in [5.74, 6) is -0.107. The number of benzene rings is 2. The lowest BCUT2D eigenvalue weighted by Gasteiger charge is -2.43. The van der Waals surface area contributed by atoms with E-state index in [0.717, 1.165) is 12.5 Å². The van der Waals surface area contributed by atoms with Crippen LogP contribution in [-0.4, -0.2) is 62.5 Å². The number of likely N-dealkylation sites (N-methyl/N-ethyl adjacent to an activating group) is 1. The predicted octanol–water partition coefficient (Wildman–Crippen LogP) is 6.56. The molecule has 3 N–H and O–H groups in total. The van der Waals surface area contributed by atoms with Crippen molar-refractivity contribution in [1.82, 2.24) is 15.5 Å². The Hall–Kier alpha value is -2.82. The van der Waals surface area contributed by atoms with Gasteiger partial charge in [-0.3, -0.25) is 0 Å². The van der Waals surface area contributed by atoms with Gasteiger partial charge in [0.05, 0.1) is 11.2 Å². The molecule has 0 radical (unpaired) electrons. The number of unbranched alkanes of at least 4 members (excludes halogenated alkanes) is 1. The third-order valence-corrected chi connectivity index (χ3v) is 7.84. The molecule has 0 spiro atoms. The number of urea groups is 1. The first-order chi connectivity index (χ1) is 20.0. The third-order valence-electron chi connectivity index (χ3n) is 7.84. The summed E-state index contributed by atoms with van der Waals surface area (Å²) in [4.78, 5) is 15.1. The Morgan fingerprint density at radius 1 is 1.07 bits per heavy atom. The number of hydrogen-bond acceptors (Lipinski definition) is 5. The van der Waals surface area contributed by atoms with Crippen molar-refractivity contribution in [1.29, 1.82) is 0 Å². The van der Waals surface area contributed by atoms with Gasteiger partial charge in [0.1, 0.15) is 11.5 Å². The maximum absolute atomic E-state index is 13.8. The number of nitrogens with zero attached hydrogens (tertiary/aromatic N) is 1. The van der Waals surface area contributed by atoms with Crippen molar-refractivity contribution in [3.63, 3.8) is 0 Å². The van der Waals surface area contributed by atoms with Crippen LogP contribution in [0.2, 0.25) is 0 Å².